The van der Waals surface area contributed by atoms with E-state index in [4.69, 9.17) is 13.9 Å². The zero-order chi connectivity index (χ0) is 17.9. The molecule has 0 fully saturated rings. The van der Waals surface area contributed by atoms with Gasteiger partial charge in [-0.3, -0.25) is 4.79 Å². The predicted octanol–water partition coefficient (Wildman–Crippen LogP) is 4.56. The fourth-order valence-electron chi connectivity index (χ4n) is 2.37. The van der Waals surface area contributed by atoms with Crippen LogP contribution in [0.2, 0.25) is 0 Å². The van der Waals surface area contributed by atoms with Crippen LogP contribution in [0.25, 0.3) is 11.3 Å². The number of amides is 1. The number of rotatable bonds is 5. The molecule has 132 valence electrons. The fraction of sp³-hybridized carbons (Fsp3) is 0.111. The number of oxazole rings is 1. The number of benzene rings is 2. The first-order valence-electron chi connectivity index (χ1n) is 7.71. The topological polar surface area (TPSA) is 73.6 Å². The van der Waals surface area contributed by atoms with Crippen LogP contribution >= 0.6 is 27.7 Å². The van der Waals surface area contributed by atoms with Gasteiger partial charge in [-0.2, -0.15) is 0 Å². The summed E-state index contributed by atoms with van der Waals surface area (Å²) in [5.41, 5.74) is 1.58. The second-order valence-electron chi connectivity index (χ2n) is 5.40. The van der Waals surface area contributed by atoms with Crippen LogP contribution in [-0.2, 0) is 4.79 Å². The Balaban J connectivity index is 1.34. The van der Waals surface area contributed by atoms with Gasteiger partial charge < -0.3 is 19.2 Å². The zero-order valence-corrected chi connectivity index (χ0v) is 15.8. The van der Waals surface area contributed by atoms with E-state index in [2.05, 4.69) is 26.2 Å². The molecule has 0 spiro atoms. The summed E-state index contributed by atoms with van der Waals surface area (Å²) >= 11 is 4.63. The zero-order valence-electron chi connectivity index (χ0n) is 13.4. The maximum Gasteiger partial charge on any atom is 0.256 e. The summed E-state index contributed by atoms with van der Waals surface area (Å²) in [6.07, 6.45) is 1.65. The molecule has 2 aromatic carbocycles. The van der Waals surface area contributed by atoms with Gasteiger partial charge in [0.05, 0.1) is 11.9 Å². The van der Waals surface area contributed by atoms with Crippen LogP contribution in [-0.4, -0.2) is 23.4 Å². The van der Waals surface area contributed by atoms with Gasteiger partial charge in [0, 0.05) is 21.8 Å². The summed E-state index contributed by atoms with van der Waals surface area (Å²) in [5, 5.41) is 3.26. The van der Waals surface area contributed by atoms with Crippen LogP contribution in [0.4, 0.5) is 5.69 Å². The van der Waals surface area contributed by atoms with Crippen LogP contribution < -0.4 is 14.8 Å². The molecule has 8 heteroatoms. The lowest BCUT2D eigenvalue weighted by atomic mass is 10.2. The predicted molar refractivity (Wildman–Crippen MR) is 102 cm³/mol. The fourth-order valence-corrected chi connectivity index (χ4v) is 3.24. The monoisotopic (exact) mass is 432 g/mol. The number of nitrogens with zero attached hydrogens (tertiary/aromatic N) is 1. The lowest BCUT2D eigenvalue weighted by Crippen LogP contribution is -2.13. The Labute approximate surface area is 162 Å². The molecular formula is C18H13BrN2O4S. The molecule has 0 unspecified atom stereocenters. The largest absolute Gasteiger partial charge is 0.454 e. The minimum absolute atomic E-state index is 0.155. The van der Waals surface area contributed by atoms with Gasteiger partial charge in [-0.25, -0.2) is 4.98 Å². The SMILES string of the molecule is O=C(CSc1ncc(-c2ccc(Br)cc2)o1)Nc1ccc2c(c1)OCO2. The molecule has 3 aromatic rings. The van der Waals surface area contributed by atoms with Crippen LogP contribution in [0.3, 0.4) is 0 Å². The summed E-state index contributed by atoms with van der Waals surface area (Å²) in [4.78, 5) is 16.3. The van der Waals surface area contributed by atoms with Gasteiger partial charge in [0.25, 0.3) is 5.22 Å². The number of nitrogens with one attached hydrogen (secondary N) is 1. The molecule has 0 atom stereocenters. The number of carbonyl (C=O) groups is 1. The van der Waals surface area contributed by atoms with E-state index >= 15 is 0 Å². The average Bonchev–Trinajstić information content (AvgIpc) is 3.29. The Kier molecular flexibility index (Phi) is 4.85. The van der Waals surface area contributed by atoms with Gasteiger partial charge in [-0.05, 0) is 24.3 Å². The van der Waals surface area contributed by atoms with Crippen LogP contribution in [0.5, 0.6) is 11.5 Å². The molecule has 1 aliphatic rings. The number of fused-ring (bicyclic) bond motifs is 1. The second-order valence-corrected chi connectivity index (χ2v) is 7.24. The Bertz CT molecular complexity index is 943. The van der Waals surface area contributed by atoms with Crippen LogP contribution in [0.15, 0.2) is 62.8 Å². The van der Waals surface area contributed by atoms with Crippen molar-refractivity contribution in [1.29, 1.82) is 0 Å². The number of halogens is 1. The second kappa shape index (κ2) is 7.43. The highest BCUT2D eigenvalue weighted by atomic mass is 79.9. The molecule has 1 aliphatic heterocycles. The molecule has 1 aromatic heterocycles. The van der Waals surface area contributed by atoms with E-state index in [-0.39, 0.29) is 18.5 Å². The quantitative estimate of drug-likeness (QED) is 0.595. The Morgan fingerprint density at radius 2 is 1.96 bits per heavy atom. The van der Waals surface area contributed by atoms with E-state index in [1.54, 1.807) is 24.4 Å². The van der Waals surface area contributed by atoms with Crippen molar-refractivity contribution >= 4 is 39.3 Å². The number of hydrogen-bond acceptors (Lipinski definition) is 6. The number of aromatic nitrogens is 1. The van der Waals surface area contributed by atoms with Crippen molar-refractivity contribution in [1.82, 2.24) is 4.98 Å². The number of thioether (sulfide) groups is 1. The standard InChI is InChI=1S/C18H13BrN2O4S/c19-12-3-1-11(2-4-12)16-8-20-18(25-16)26-9-17(22)21-13-5-6-14-15(7-13)24-10-23-14/h1-8H,9-10H2,(H,21,22). The lowest BCUT2D eigenvalue weighted by molar-refractivity contribution is -0.113. The molecule has 0 radical (unpaired) electrons. The first-order chi connectivity index (χ1) is 12.7. The lowest BCUT2D eigenvalue weighted by Gasteiger charge is -2.05. The van der Waals surface area contributed by atoms with E-state index in [1.165, 1.54) is 11.8 Å². The van der Waals surface area contributed by atoms with Crippen LogP contribution in [0, 0.1) is 0 Å². The molecule has 6 nitrogen and oxygen atoms in total. The van der Waals surface area contributed by atoms with Crippen molar-refractivity contribution in [2.75, 3.05) is 17.9 Å². The molecule has 0 aliphatic carbocycles. The van der Waals surface area contributed by atoms with Crippen LogP contribution in [0.1, 0.15) is 0 Å². The molecule has 26 heavy (non-hydrogen) atoms. The maximum atomic E-state index is 12.1. The van der Waals surface area contributed by atoms with Gasteiger partial charge in [-0.15, -0.1) is 0 Å². The number of carbonyl (C=O) groups excluding carboxylic acids is 1. The number of ether oxygens (including phenoxy) is 2. The van der Waals surface area contributed by atoms with E-state index in [0.29, 0.717) is 28.2 Å². The van der Waals surface area contributed by atoms with Crippen molar-refractivity contribution in [3.63, 3.8) is 0 Å². The third kappa shape index (κ3) is 3.86. The first-order valence-corrected chi connectivity index (χ1v) is 9.49. The van der Waals surface area contributed by atoms with Gasteiger partial charge in [0.1, 0.15) is 0 Å². The molecule has 4 rings (SSSR count). The first kappa shape index (κ1) is 17.0. The van der Waals surface area contributed by atoms with E-state index in [1.807, 2.05) is 24.3 Å². The highest BCUT2D eigenvalue weighted by Gasteiger charge is 2.15. The van der Waals surface area contributed by atoms with E-state index < -0.39 is 0 Å². The molecule has 0 bridgehead atoms. The van der Waals surface area contributed by atoms with Crippen molar-refractivity contribution in [2.45, 2.75) is 5.22 Å². The summed E-state index contributed by atoms with van der Waals surface area (Å²) in [6, 6.07) is 13.0. The highest BCUT2D eigenvalue weighted by molar-refractivity contribution is 9.10. The third-order valence-corrected chi connectivity index (χ3v) is 4.97. The molecule has 2 heterocycles. The van der Waals surface area contributed by atoms with Crippen molar-refractivity contribution in [3.8, 4) is 22.8 Å². The molecule has 1 amide bonds. The Hall–Kier alpha value is -2.45. The van der Waals surface area contributed by atoms with E-state index in [0.717, 1.165) is 10.0 Å². The van der Waals surface area contributed by atoms with Crippen molar-refractivity contribution in [2.24, 2.45) is 0 Å². The average molecular weight is 433 g/mol. The van der Waals surface area contributed by atoms with Gasteiger partial charge >= 0.3 is 0 Å². The van der Waals surface area contributed by atoms with E-state index in [9.17, 15) is 4.79 Å². The number of anilines is 1. The minimum atomic E-state index is -0.155. The Morgan fingerprint density at radius 1 is 1.15 bits per heavy atom. The highest BCUT2D eigenvalue weighted by Crippen LogP contribution is 2.34. The third-order valence-electron chi connectivity index (χ3n) is 3.60. The van der Waals surface area contributed by atoms with Gasteiger partial charge in [0.15, 0.2) is 17.3 Å². The maximum absolute atomic E-state index is 12.1. The van der Waals surface area contributed by atoms with Crippen molar-refractivity contribution in [3.05, 3.63) is 53.1 Å². The van der Waals surface area contributed by atoms with Gasteiger partial charge in [-0.1, -0.05) is 39.8 Å². The molecule has 1 N–H and O–H groups in total. The summed E-state index contributed by atoms with van der Waals surface area (Å²) in [6.45, 7) is 0.202. The summed E-state index contributed by atoms with van der Waals surface area (Å²) in [5.74, 6) is 2.00. The normalized spacial score (nSPS) is 12.2. The van der Waals surface area contributed by atoms with Crippen molar-refractivity contribution < 1.29 is 18.7 Å². The summed E-state index contributed by atoms with van der Waals surface area (Å²) < 4.78 is 17.2. The Morgan fingerprint density at radius 3 is 2.81 bits per heavy atom. The molecule has 0 saturated carbocycles. The number of hydrogen-bond donors (Lipinski definition) is 1. The summed E-state index contributed by atoms with van der Waals surface area (Å²) in [7, 11) is 0. The minimum Gasteiger partial charge on any atom is -0.454 e. The van der Waals surface area contributed by atoms with Gasteiger partial charge in [0.2, 0.25) is 12.7 Å². The molecular weight excluding hydrogens is 420 g/mol. The molecule has 0 saturated heterocycles. The smallest absolute Gasteiger partial charge is 0.256 e.